The normalized spacial score (nSPS) is 10.1. The summed E-state index contributed by atoms with van der Waals surface area (Å²) in [5.74, 6) is 0.273. The van der Waals surface area contributed by atoms with Crippen LogP contribution in [0.15, 0.2) is 42.5 Å². The zero-order valence-corrected chi connectivity index (χ0v) is 10.3. The highest BCUT2D eigenvalue weighted by atomic mass is 16.5. The lowest BCUT2D eigenvalue weighted by molar-refractivity contribution is 0.0733. The Morgan fingerprint density at radius 1 is 1.00 bits per heavy atom. The van der Waals surface area contributed by atoms with Crippen molar-refractivity contribution in [1.29, 1.82) is 0 Å². The lowest BCUT2D eigenvalue weighted by atomic mass is 10.1. The molecule has 0 unspecified atom stereocenters. The molecule has 2 aromatic carbocycles. The van der Waals surface area contributed by atoms with Gasteiger partial charge in [0.25, 0.3) is 0 Å². The molecule has 0 heterocycles. The predicted molar refractivity (Wildman–Crippen MR) is 69.0 cm³/mol. The summed E-state index contributed by atoms with van der Waals surface area (Å²) in [6.07, 6.45) is 0. The lowest BCUT2D eigenvalue weighted by Gasteiger charge is -2.10. The van der Waals surface area contributed by atoms with Crippen molar-refractivity contribution < 1.29 is 14.6 Å². The highest BCUT2D eigenvalue weighted by molar-refractivity contribution is 5.91. The fourth-order valence-corrected chi connectivity index (χ4v) is 1.63. The number of esters is 1. The summed E-state index contributed by atoms with van der Waals surface area (Å²) in [5.41, 5.74) is 1.98. The van der Waals surface area contributed by atoms with Crippen LogP contribution in [0.2, 0.25) is 0 Å². The largest absolute Gasteiger partial charge is 0.508 e. The average Bonchev–Trinajstić information content (AvgIpc) is 2.40. The van der Waals surface area contributed by atoms with Gasteiger partial charge in [-0.15, -0.1) is 0 Å². The van der Waals surface area contributed by atoms with Crippen molar-refractivity contribution in [2.75, 3.05) is 0 Å². The highest BCUT2D eigenvalue weighted by Crippen LogP contribution is 2.28. The Morgan fingerprint density at radius 3 is 2.33 bits per heavy atom. The van der Waals surface area contributed by atoms with E-state index in [9.17, 15) is 9.90 Å². The topological polar surface area (TPSA) is 46.5 Å². The summed E-state index contributed by atoms with van der Waals surface area (Å²) in [5, 5.41) is 9.54. The van der Waals surface area contributed by atoms with Gasteiger partial charge in [0.05, 0.1) is 5.56 Å². The molecule has 92 valence electrons. The first-order chi connectivity index (χ1) is 8.59. The quantitative estimate of drug-likeness (QED) is 0.649. The van der Waals surface area contributed by atoms with Crippen LogP contribution in [-0.4, -0.2) is 11.1 Å². The molecule has 0 aliphatic carbocycles. The van der Waals surface area contributed by atoms with Crippen molar-refractivity contribution in [3.8, 4) is 11.5 Å². The van der Waals surface area contributed by atoms with Gasteiger partial charge in [-0.25, -0.2) is 4.79 Å². The van der Waals surface area contributed by atoms with E-state index < -0.39 is 5.97 Å². The number of carbonyl (C=O) groups is 1. The minimum absolute atomic E-state index is 0.201. The number of rotatable bonds is 2. The summed E-state index contributed by atoms with van der Waals surface area (Å²) in [7, 11) is 0. The van der Waals surface area contributed by atoms with Crippen molar-refractivity contribution >= 4 is 5.97 Å². The first kappa shape index (κ1) is 12.2. The van der Waals surface area contributed by atoms with E-state index in [2.05, 4.69) is 0 Å². The van der Waals surface area contributed by atoms with Crippen LogP contribution < -0.4 is 4.74 Å². The number of hydrogen-bond acceptors (Lipinski definition) is 3. The molecule has 0 amide bonds. The molecule has 3 heteroatoms. The Balaban J connectivity index is 2.26. The number of phenolic OH excluding ortho intramolecular Hbond substituents is 1. The number of ether oxygens (including phenoxy) is 1. The molecule has 3 nitrogen and oxygen atoms in total. The Bertz CT molecular complexity index is 574. The molecular weight excluding hydrogens is 228 g/mol. The van der Waals surface area contributed by atoms with E-state index in [1.54, 1.807) is 37.3 Å². The molecule has 0 saturated carbocycles. The van der Waals surface area contributed by atoms with Crippen LogP contribution in [-0.2, 0) is 0 Å². The third-order valence-electron chi connectivity index (χ3n) is 2.92. The van der Waals surface area contributed by atoms with E-state index in [-0.39, 0.29) is 5.75 Å². The Kier molecular flexibility index (Phi) is 3.33. The van der Waals surface area contributed by atoms with Crippen LogP contribution in [0.4, 0.5) is 0 Å². The number of aromatic hydroxyl groups is 1. The van der Waals surface area contributed by atoms with Gasteiger partial charge in [-0.2, -0.15) is 0 Å². The third kappa shape index (κ3) is 2.35. The third-order valence-corrected chi connectivity index (χ3v) is 2.92. The van der Waals surface area contributed by atoms with Crippen LogP contribution in [0.3, 0.4) is 0 Å². The fourth-order valence-electron chi connectivity index (χ4n) is 1.63. The first-order valence-electron chi connectivity index (χ1n) is 5.66. The lowest BCUT2D eigenvalue weighted by Crippen LogP contribution is -2.09. The first-order valence-corrected chi connectivity index (χ1v) is 5.66. The van der Waals surface area contributed by atoms with Crippen molar-refractivity contribution in [1.82, 2.24) is 0 Å². The van der Waals surface area contributed by atoms with Crippen molar-refractivity contribution in [3.05, 3.63) is 59.2 Å². The van der Waals surface area contributed by atoms with Gasteiger partial charge in [-0.05, 0) is 49.2 Å². The summed E-state index contributed by atoms with van der Waals surface area (Å²) in [6.45, 7) is 3.59. The van der Waals surface area contributed by atoms with Crippen molar-refractivity contribution in [3.63, 3.8) is 0 Å². The summed E-state index contributed by atoms with van der Waals surface area (Å²) in [6, 6.07) is 11.9. The standard InChI is InChI=1S/C15H14O3/c1-10-11(2)14(9-8-13(10)16)18-15(17)12-6-4-3-5-7-12/h3-9,16H,1-2H3. The van der Waals surface area contributed by atoms with Crippen LogP contribution in [0, 0.1) is 13.8 Å². The monoisotopic (exact) mass is 242 g/mol. The molecule has 0 radical (unpaired) electrons. The summed E-state index contributed by atoms with van der Waals surface area (Å²) < 4.78 is 5.32. The molecule has 0 saturated heterocycles. The fraction of sp³-hybridized carbons (Fsp3) is 0.133. The Labute approximate surface area is 106 Å². The van der Waals surface area contributed by atoms with Gasteiger partial charge in [0.1, 0.15) is 11.5 Å². The summed E-state index contributed by atoms with van der Waals surface area (Å²) in [4.78, 5) is 11.9. The number of carbonyl (C=O) groups excluding carboxylic acids is 1. The molecule has 1 N–H and O–H groups in total. The predicted octanol–water partition coefficient (Wildman–Crippen LogP) is 3.23. The number of benzene rings is 2. The van der Waals surface area contributed by atoms with Crippen molar-refractivity contribution in [2.45, 2.75) is 13.8 Å². The van der Waals surface area contributed by atoms with Gasteiger partial charge in [0.15, 0.2) is 0 Å². The second-order valence-corrected chi connectivity index (χ2v) is 4.09. The molecule has 0 fully saturated rings. The molecule has 0 atom stereocenters. The highest BCUT2D eigenvalue weighted by Gasteiger charge is 2.12. The maximum absolute atomic E-state index is 11.9. The van der Waals surface area contributed by atoms with Gasteiger partial charge >= 0.3 is 5.97 Å². The molecule has 0 spiro atoms. The second-order valence-electron chi connectivity index (χ2n) is 4.09. The molecule has 2 aromatic rings. The summed E-state index contributed by atoms with van der Waals surface area (Å²) >= 11 is 0. The van der Waals surface area contributed by atoms with Gasteiger partial charge in [0, 0.05) is 0 Å². The molecule has 0 aliphatic heterocycles. The van der Waals surface area contributed by atoms with E-state index >= 15 is 0 Å². The average molecular weight is 242 g/mol. The smallest absolute Gasteiger partial charge is 0.343 e. The van der Waals surface area contributed by atoms with Crippen molar-refractivity contribution in [2.24, 2.45) is 0 Å². The van der Waals surface area contributed by atoms with Crippen LogP contribution >= 0.6 is 0 Å². The zero-order chi connectivity index (χ0) is 13.1. The van der Waals surface area contributed by atoms with E-state index in [1.165, 1.54) is 6.07 Å². The van der Waals surface area contributed by atoms with Gasteiger partial charge in [-0.1, -0.05) is 18.2 Å². The molecule has 18 heavy (non-hydrogen) atoms. The minimum Gasteiger partial charge on any atom is -0.508 e. The van der Waals surface area contributed by atoms with Crippen LogP contribution in [0.1, 0.15) is 21.5 Å². The van der Waals surface area contributed by atoms with E-state index in [0.717, 1.165) is 5.56 Å². The molecule has 0 aliphatic rings. The maximum Gasteiger partial charge on any atom is 0.343 e. The minimum atomic E-state index is -0.399. The van der Waals surface area contributed by atoms with Gasteiger partial charge in [-0.3, -0.25) is 0 Å². The van der Waals surface area contributed by atoms with Crippen LogP contribution in [0.5, 0.6) is 11.5 Å². The molecule has 0 aromatic heterocycles. The Morgan fingerprint density at radius 2 is 1.67 bits per heavy atom. The van der Waals surface area contributed by atoms with E-state index in [4.69, 9.17) is 4.74 Å². The zero-order valence-electron chi connectivity index (χ0n) is 10.3. The Hall–Kier alpha value is -2.29. The number of hydrogen-bond donors (Lipinski definition) is 1. The second kappa shape index (κ2) is 4.92. The SMILES string of the molecule is Cc1c(O)ccc(OC(=O)c2ccccc2)c1C. The van der Waals surface area contributed by atoms with E-state index in [0.29, 0.717) is 16.9 Å². The molecular formula is C15H14O3. The number of phenols is 1. The van der Waals surface area contributed by atoms with Gasteiger partial charge in [0.2, 0.25) is 0 Å². The van der Waals surface area contributed by atoms with Gasteiger partial charge < -0.3 is 9.84 Å². The molecule has 2 rings (SSSR count). The van der Waals surface area contributed by atoms with E-state index in [1.807, 2.05) is 13.0 Å². The molecule has 0 bridgehead atoms. The maximum atomic E-state index is 11.9. The van der Waals surface area contributed by atoms with Crippen LogP contribution in [0.25, 0.3) is 0 Å².